The van der Waals surface area contributed by atoms with Gasteiger partial charge in [0.1, 0.15) is 5.69 Å². The van der Waals surface area contributed by atoms with E-state index in [9.17, 15) is 4.79 Å². The van der Waals surface area contributed by atoms with Crippen LogP contribution in [0, 0.1) is 0 Å². The maximum absolute atomic E-state index is 13.3. The number of hydrogen-bond acceptors (Lipinski definition) is 4. The highest BCUT2D eigenvalue weighted by molar-refractivity contribution is 5.97. The van der Waals surface area contributed by atoms with Gasteiger partial charge in [-0.3, -0.25) is 9.78 Å². The van der Waals surface area contributed by atoms with Crippen molar-refractivity contribution in [1.29, 1.82) is 0 Å². The number of pyridine rings is 1. The molecular formula is C23H30Cl2N4O2. The van der Waals surface area contributed by atoms with Gasteiger partial charge in [0, 0.05) is 39.5 Å². The van der Waals surface area contributed by atoms with E-state index in [1.807, 2.05) is 27.7 Å². The van der Waals surface area contributed by atoms with Gasteiger partial charge < -0.3 is 19.9 Å². The summed E-state index contributed by atoms with van der Waals surface area (Å²) >= 11 is 0. The Kier molecular flexibility index (Phi) is 9.32. The van der Waals surface area contributed by atoms with Gasteiger partial charge >= 0.3 is 0 Å². The Morgan fingerprint density at radius 3 is 2.65 bits per heavy atom. The minimum Gasteiger partial charge on any atom is -0.383 e. The van der Waals surface area contributed by atoms with Crippen LogP contribution in [0.1, 0.15) is 40.4 Å². The van der Waals surface area contributed by atoms with Crippen molar-refractivity contribution in [3.05, 3.63) is 65.5 Å². The van der Waals surface area contributed by atoms with Crippen LogP contribution in [0.5, 0.6) is 0 Å². The molecule has 1 saturated heterocycles. The Morgan fingerprint density at radius 1 is 1.16 bits per heavy atom. The van der Waals surface area contributed by atoms with Gasteiger partial charge in [0.25, 0.3) is 5.91 Å². The van der Waals surface area contributed by atoms with E-state index in [1.54, 1.807) is 13.3 Å². The lowest BCUT2D eigenvalue weighted by Gasteiger charge is -2.32. The highest BCUT2D eigenvalue weighted by Crippen LogP contribution is 2.30. The Bertz CT molecular complexity index is 1000. The molecule has 1 aliphatic heterocycles. The number of ether oxygens (including phenoxy) is 1. The van der Waals surface area contributed by atoms with Crippen molar-refractivity contribution >= 4 is 41.8 Å². The minimum atomic E-state index is 0. The van der Waals surface area contributed by atoms with Crippen molar-refractivity contribution in [2.24, 2.45) is 5.73 Å². The van der Waals surface area contributed by atoms with Crippen molar-refractivity contribution in [3.8, 4) is 0 Å². The number of nitrogens with two attached hydrogens (primary N) is 1. The Morgan fingerprint density at radius 2 is 1.94 bits per heavy atom. The molecule has 6 nitrogen and oxygen atoms in total. The normalized spacial score (nSPS) is 14.2. The number of halogens is 2. The smallest absolute Gasteiger partial charge is 0.270 e. The van der Waals surface area contributed by atoms with E-state index in [0.717, 1.165) is 42.5 Å². The largest absolute Gasteiger partial charge is 0.383 e. The third kappa shape index (κ3) is 5.39. The van der Waals surface area contributed by atoms with Gasteiger partial charge in [0.15, 0.2) is 0 Å². The number of carbonyl (C=O) groups excluding carboxylic acids is 1. The van der Waals surface area contributed by atoms with Crippen molar-refractivity contribution in [1.82, 2.24) is 14.5 Å². The van der Waals surface area contributed by atoms with E-state index in [0.29, 0.717) is 31.3 Å². The summed E-state index contributed by atoms with van der Waals surface area (Å²) in [5.74, 6) is 0.555. The zero-order valence-electron chi connectivity index (χ0n) is 17.7. The first kappa shape index (κ1) is 25.1. The molecular weight excluding hydrogens is 435 g/mol. The molecule has 0 saturated carbocycles. The van der Waals surface area contributed by atoms with Crippen molar-refractivity contribution < 1.29 is 9.53 Å². The predicted molar refractivity (Wildman–Crippen MR) is 128 cm³/mol. The van der Waals surface area contributed by atoms with Crippen molar-refractivity contribution in [3.63, 3.8) is 0 Å². The van der Waals surface area contributed by atoms with Crippen LogP contribution in [0.2, 0.25) is 0 Å². The van der Waals surface area contributed by atoms with Crippen LogP contribution in [0.25, 0.3) is 11.0 Å². The van der Waals surface area contributed by atoms with Gasteiger partial charge in [-0.25, -0.2) is 0 Å². The molecule has 3 heterocycles. The van der Waals surface area contributed by atoms with Crippen LogP contribution in [-0.4, -0.2) is 47.2 Å². The van der Waals surface area contributed by atoms with Crippen LogP contribution < -0.4 is 5.73 Å². The molecule has 0 bridgehead atoms. The SMILES string of the molecule is COCCn1c(C(=O)N2CCC(c3cccc(CN)c3)CC2)cc2ncccc21.Cl.Cl. The Balaban J connectivity index is 0.00000171. The molecule has 1 amide bonds. The van der Waals surface area contributed by atoms with E-state index in [-0.39, 0.29) is 30.7 Å². The summed E-state index contributed by atoms with van der Waals surface area (Å²) in [6.45, 7) is 3.27. The molecule has 0 unspecified atom stereocenters. The lowest BCUT2D eigenvalue weighted by Crippen LogP contribution is -2.39. The number of amides is 1. The number of nitrogens with zero attached hydrogens (tertiary/aromatic N) is 3. The molecule has 1 aromatic carbocycles. The maximum atomic E-state index is 13.3. The van der Waals surface area contributed by atoms with E-state index in [1.165, 1.54) is 5.56 Å². The Hall–Kier alpha value is -2.12. The summed E-state index contributed by atoms with van der Waals surface area (Å²) in [5.41, 5.74) is 10.8. The molecule has 8 heteroatoms. The molecule has 0 atom stereocenters. The van der Waals surface area contributed by atoms with Gasteiger partial charge in [0.05, 0.1) is 17.6 Å². The minimum absolute atomic E-state index is 0. The number of aromatic nitrogens is 2. The number of rotatable bonds is 6. The molecule has 168 valence electrons. The third-order valence-electron chi connectivity index (χ3n) is 5.85. The first-order valence-electron chi connectivity index (χ1n) is 10.2. The highest BCUT2D eigenvalue weighted by atomic mass is 35.5. The van der Waals surface area contributed by atoms with E-state index < -0.39 is 0 Å². The summed E-state index contributed by atoms with van der Waals surface area (Å²) < 4.78 is 7.28. The maximum Gasteiger partial charge on any atom is 0.270 e. The van der Waals surface area contributed by atoms with Gasteiger partial charge in [-0.05, 0) is 48.1 Å². The van der Waals surface area contributed by atoms with Gasteiger partial charge in [-0.2, -0.15) is 0 Å². The fraction of sp³-hybridized carbons (Fsp3) is 0.391. The fourth-order valence-electron chi connectivity index (χ4n) is 4.24. The molecule has 31 heavy (non-hydrogen) atoms. The number of methoxy groups -OCH3 is 1. The molecule has 0 spiro atoms. The lowest BCUT2D eigenvalue weighted by atomic mass is 9.88. The second-order valence-electron chi connectivity index (χ2n) is 7.60. The molecule has 1 aliphatic rings. The average molecular weight is 465 g/mol. The van der Waals surface area contributed by atoms with E-state index in [4.69, 9.17) is 10.5 Å². The predicted octanol–water partition coefficient (Wildman–Crippen LogP) is 4.00. The zero-order valence-corrected chi connectivity index (χ0v) is 19.3. The standard InChI is InChI=1S/C23H28N4O2.2ClH/c1-29-13-12-27-21-6-3-9-25-20(21)15-22(27)23(28)26-10-7-18(8-11-26)19-5-2-4-17(14-19)16-24;;/h2-6,9,14-15,18H,7-8,10-13,16,24H2,1H3;2*1H. The fourth-order valence-corrected chi connectivity index (χ4v) is 4.24. The van der Waals surface area contributed by atoms with Gasteiger partial charge in [0.2, 0.25) is 0 Å². The molecule has 2 aromatic heterocycles. The molecule has 4 rings (SSSR count). The van der Waals surface area contributed by atoms with Gasteiger partial charge in [-0.15, -0.1) is 24.8 Å². The summed E-state index contributed by atoms with van der Waals surface area (Å²) in [6, 6.07) is 14.3. The molecule has 2 N–H and O–H groups in total. The van der Waals surface area contributed by atoms with Crippen LogP contribution in [0.15, 0.2) is 48.7 Å². The van der Waals surface area contributed by atoms with Crippen molar-refractivity contribution in [2.45, 2.75) is 31.8 Å². The number of likely N-dealkylation sites (tertiary alicyclic amines) is 1. The third-order valence-corrected chi connectivity index (χ3v) is 5.85. The summed E-state index contributed by atoms with van der Waals surface area (Å²) in [5, 5.41) is 0. The first-order valence-corrected chi connectivity index (χ1v) is 10.2. The number of benzene rings is 1. The highest BCUT2D eigenvalue weighted by Gasteiger charge is 2.27. The number of fused-ring (bicyclic) bond motifs is 1. The second-order valence-corrected chi connectivity index (χ2v) is 7.60. The van der Waals surface area contributed by atoms with Crippen LogP contribution in [-0.2, 0) is 17.8 Å². The van der Waals surface area contributed by atoms with Gasteiger partial charge in [-0.1, -0.05) is 24.3 Å². The topological polar surface area (TPSA) is 73.4 Å². The molecule has 0 aliphatic carbocycles. The van der Waals surface area contributed by atoms with E-state index in [2.05, 4.69) is 29.2 Å². The summed E-state index contributed by atoms with van der Waals surface area (Å²) in [7, 11) is 1.68. The van der Waals surface area contributed by atoms with Crippen LogP contribution in [0.3, 0.4) is 0 Å². The zero-order chi connectivity index (χ0) is 20.2. The Labute approximate surface area is 195 Å². The second kappa shape index (κ2) is 11.5. The molecule has 1 fully saturated rings. The molecule has 3 aromatic rings. The monoisotopic (exact) mass is 464 g/mol. The molecule has 0 radical (unpaired) electrons. The quantitative estimate of drug-likeness (QED) is 0.597. The van der Waals surface area contributed by atoms with E-state index >= 15 is 0 Å². The lowest BCUT2D eigenvalue weighted by molar-refractivity contribution is 0.0700. The number of hydrogen-bond donors (Lipinski definition) is 1. The summed E-state index contributed by atoms with van der Waals surface area (Å²) in [4.78, 5) is 19.7. The number of carbonyl (C=O) groups is 1. The summed E-state index contributed by atoms with van der Waals surface area (Å²) in [6.07, 6.45) is 3.70. The van der Waals surface area contributed by atoms with Crippen LogP contribution >= 0.6 is 24.8 Å². The van der Waals surface area contributed by atoms with Crippen molar-refractivity contribution in [2.75, 3.05) is 26.8 Å². The number of piperidine rings is 1. The van der Waals surface area contributed by atoms with Crippen LogP contribution in [0.4, 0.5) is 0 Å². The average Bonchev–Trinajstić information content (AvgIpc) is 3.16. The first-order chi connectivity index (χ1) is 14.2.